The van der Waals surface area contributed by atoms with Crippen molar-refractivity contribution in [1.29, 1.82) is 0 Å². The zero-order valence-electron chi connectivity index (χ0n) is 13.4. The van der Waals surface area contributed by atoms with E-state index in [-0.39, 0.29) is 0 Å². The van der Waals surface area contributed by atoms with Gasteiger partial charge in [0, 0.05) is 28.4 Å². The molecule has 0 atom stereocenters. The Morgan fingerprint density at radius 2 is 1.75 bits per heavy atom. The van der Waals surface area contributed by atoms with E-state index >= 15 is 0 Å². The van der Waals surface area contributed by atoms with Crippen LogP contribution in [0.2, 0.25) is 0 Å². The van der Waals surface area contributed by atoms with Crippen molar-refractivity contribution in [3.8, 4) is 5.75 Å². The second kappa shape index (κ2) is 5.85. The van der Waals surface area contributed by atoms with Crippen molar-refractivity contribution in [2.45, 2.75) is 6.54 Å². The Kier molecular flexibility index (Phi) is 3.54. The Morgan fingerprint density at radius 3 is 2.58 bits per heavy atom. The van der Waals surface area contributed by atoms with Gasteiger partial charge in [-0.15, -0.1) is 0 Å². The van der Waals surface area contributed by atoms with Gasteiger partial charge in [-0.3, -0.25) is 4.79 Å². The number of carbonyl (C=O) groups is 1. The highest BCUT2D eigenvalue weighted by Gasteiger charge is 2.11. The summed E-state index contributed by atoms with van der Waals surface area (Å²) in [4.78, 5) is 11.2. The van der Waals surface area contributed by atoms with Crippen LogP contribution >= 0.6 is 0 Å². The van der Waals surface area contributed by atoms with Gasteiger partial charge < -0.3 is 9.30 Å². The minimum atomic E-state index is 0.692. The smallest absolute Gasteiger partial charge is 0.150 e. The van der Waals surface area contributed by atoms with Crippen LogP contribution in [0.1, 0.15) is 15.9 Å². The molecule has 4 rings (SSSR count). The van der Waals surface area contributed by atoms with E-state index in [0.717, 1.165) is 29.7 Å². The lowest BCUT2D eigenvalue weighted by Gasteiger charge is -2.09. The maximum atomic E-state index is 11.2. The molecule has 0 spiro atoms. The van der Waals surface area contributed by atoms with Crippen molar-refractivity contribution in [3.05, 3.63) is 77.9 Å². The average Bonchev–Trinajstić information content (AvgIpc) is 2.95. The molecule has 24 heavy (non-hydrogen) atoms. The molecule has 0 saturated heterocycles. The van der Waals surface area contributed by atoms with Crippen molar-refractivity contribution in [3.63, 3.8) is 0 Å². The largest absolute Gasteiger partial charge is 0.497 e. The SMILES string of the molecule is COc1cccc(Cn2c3ccccc3c3ccc(C=O)cc32)c1. The molecule has 3 aromatic carbocycles. The molecule has 4 aromatic rings. The van der Waals surface area contributed by atoms with Crippen LogP contribution in [0.25, 0.3) is 21.8 Å². The second-order valence-corrected chi connectivity index (χ2v) is 5.85. The highest BCUT2D eigenvalue weighted by molar-refractivity contribution is 6.09. The number of benzene rings is 3. The lowest BCUT2D eigenvalue weighted by molar-refractivity contribution is 0.112. The summed E-state index contributed by atoms with van der Waals surface area (Å²) >= 11 is 0. The number of nitrogens with zero attached hydrogens (tertiary/aromatic N) is 1. The fourth-order valence-corrected chi connectivity index (χ4v) is 3.26. The Balaban J connectivity index is 1.95. The van der Waals surface area contributed by atoms with E-state index in [2.05, 4.69) is 22.8 Å². The first-order chi connectivity index (χ1) is 11.8. The Bertz CT molecular complexity index is 1050. The third-order valence-corrected chi connectivity index (χ3v) is 4.41. The van der Waals surface area contributed by atoms with Crippen LogP contribution < -0.4 is 4.74 Å². The number of fused-ring (bicyclic) bond motifs is 3. The van der Waals surface area contributed by atoms with Gasteiger partial charge >= 0.3 is 0 Å². The minimum Gasteiger partial charge on any atom is -0.497 e. The van der Waals surface area contributed by atoms with E-state index in [1.165, 1.54) is 16.3 Å². The van der Waals surface area contributed by atoms with Gasteiger partial charge in [0.25, 0.3) is 0 Å². The summed E-state index contributed by atoms with van der Waals surface area (Å²) < 4.78 is 7.59. The van der Waals surface area contributed by atoms with E-state index in [9.17, 15) is 4.79 Å². The van der Waals surface area contributed by atoms with Crippen molar-refractivity contribution in [1.82, 2.24) is 4.57 Å². The molecule has 0 aliphatic carbocycles. The highest BCUT2D eigenvalue weighted by atomic mass is 16.5. The summed E-state index contributed by atoms with van der Waals surface area (Å²) in [7, 11) is 1.68. The highest BCUT2D eigenvalue weighted by Crippen LogP contribution is 2.30. The lowest BCUT2D eigenvalue weighted by Crippen LogP contribution is -2.00. The van der Waals surface area contributed by atoms with Crippen LogP contribution in [0.3, 0.4) is 0 Å². The average molecular weight is 315 g/mol. The topological polar surface area (TPSA) is 31.2 Å². The van der Waals surface area contributed by atoms with Crippen molar-refractivity contribution < 1.29 is 9.53 Å². The van der Waals surface area contributed by atoms with E-state index in [1.54, 1.807) is 7.11 Å². The van der Waals surface area contributed by atoms with Gasteiger partial charge in [0.2, 0.25) is 0 Å². The summed E-state index contributed by atoms with van der Waals surface area (Å²) in [5.74, 6) is 0.849. The molecule has 0 aliphatic rings. The molecule has 0 N–H and O–H groups in total. The molecule has 0 aliphatic heterocycles. The second-order valence-electron chi connectivity index (χ2n) is 5.85. The van der Waals surface area contributed by atoms with Crippen LogP contribution in [-0.4, -0.2) is 18.0 Å². The van der Waals surface area contributed by atoms with Crippen molar-refractivity contribution >= 4 is 28.1 Å². The third-order valence-electron chi connectivity index (χ3n) is 4.41. The first kappa shape index (κ1) is 14.5. The molecule has 0 unspecified atom stereocenters. The number of hydrogen-bond acceptors (Lipinski definition) is 2. The van der Waals surface area contributed by atoms with E-state index < -0.39 is 0 Å². The molecule has 0 radical (unpaired) electrons. The Morgan fingerprint density at radius 1 is 0.917 bits per heavy atom. The maximum Gasteiger partial charge on any atom is 0.150 e. The summed E-state index contributed by atoms with van der Waals surface area (Å²) in [6.45, 7) is 0.726. The fraction of sp³-hybridized carbons (Fsp3) is 0.0952. The third kappa shape index (κ3) is 2.35. The number of rotatable bonds is 4. The van der Waals surface area contributed by atoms with E-state index in [0.29, 0.717) is 5.56 Å². The van der Waals surface area contributed by atoms with E-state index in [1.807, 2.05) is 48.5 Å². The summed E-state index contributed by atoms with van der Waals surface area (Å²) in [5, 5.41) is 2.37. The van der Waals surface area contributed by atoms with Gasteiger partial charge in [-0.05, 0) is 29.8 Å². The molecule has 0 bridgehead atoms. The summed E-state index contributed by atoms with van der Waals surface area (Å²) in [6, 6.07) is 22.3. The molecular weight excluding hydrogens is 298 g/mol. The fourth-order valence-electron chi connectivity index (χ4n) is 3.26. The Hall–Kier alpha value is -3.07. The normalized spacial score (nSPS) is 11.0. The molecule has 0 saturated carbocycles. The molecule has 1 aromatic heterocycles. The first-order valence-electron chi connectivity index (χ1n) is 7.89. The van der Waals surface area contributed by atoms with Gasteiger partial charge in [0.15, 0.2) is 0 Å². The molecular formula is C21H17NO2. The molecule has 0 amide bonds. The van der Waals surface area contributed by atoms with Crippen molar-refractivity contribution in [2.75, 3.05) is 7.11 Å². The number of aromatic nitrogens is 1. The van der Waals surface area contributed by atoms with Gasteiger partial charge in [0.1, 0.15) is 12.0 Å². The van der Waals surface area contributed by atoms with Gasteiger partial charge in [-0.25, -0.2) is 0 Å². The minimum absolute atomic E-state index is 0.692. The number of aldehydes is 1. The van der Waals surface area contributed by atoms with Gasteiger partial charge in [-0.2, -0.15) is 0 Å². The van der Waals surface area contributed by atoms with Crippen LogP contribution in [0.4, 0.5) is 0 Å². The Labute approximate surface area is 140 Å². The van der Waals surface area contributed by atoms with E-state index in [4.69, 9.17) is 4.74 Å². The molecule has 1 heterocycles. The lowest BCUT2D eigenvalue weighted by atomic mass is 10.1. The molecule has 0 fully saturated rings. The first-order valence-corrected chi connectivity index (χ1v) is 7.89. The quantitative estimate of drug-likeness (QED) is 0.513. The van der Waals surface area contributed by atoms with Crippen LogP contribution in [0.15, 0.2) is 66.7 Å². The zero-order valence-corrected chi connectivity index (χ0v) is 13.4. The van der Waals surface area contributed by atoms with Gasteiger partial charge in [0.05, 0.1) is 12.6 Å². The van der Waals surface area contributed by atoms with Crippen LogP contribution in [-0.2, 0) is 6.54 Å². The standard InChI is InChI=1S/C21H17NO2/c1-24-17-6-4-5-15(11-17)13-22-20-8-3-2-7-18(20)19-10-9-16(14-23)12-21(19)22/h2-12,14H,13H2,1H3. The number of hydrogen-bond donors (Lipinski definition) is 0. The molecule has 118 valence electrons. The summed E-state index contributed by atoms with van der Waals surface area (Å²) in [6.07, 6.45) is 0.896. The number of carbonyl (C=O) groups excluding carboxylic acids is 1. The number of methoxy groups -OCH3 is 1. The number of para-hydroxylation sites is 1. The zero-order chi connectivity index (χ0) is 16.5. The summed E-state index contributed by atoms with van der Waals surface area (Å²) in [5.41, 5.74) is 4.09. The van der Waals surface area contributed by atoms with Gasteiger partial charge in [-0.1, -0.05) is 42.5 Å². The molecule has 3 nitrogen and oxygen atoms in total. The molecule has 3 heteroatoms. The van der Waals surface area contributed by atoms with Crippen molar-refractivity contribution in [2.24, 2.45) is 0 Å². The predicted octanol–water partition coefficient (Wildman–Crippen LogP) is 4.66. The number of ether oxygens (including phenoxy) is 1. The van der Waals surface area contributed by atoms with Crippen LogP contribution in [0.5, 0.6) is 5.75 Å². The predicted molar refractivity (Wildman–Crippen MR) is 96.9 cm³/mol. The monoisotopic (exact) mass is 315 g/mol. The van der Waals surface area contributed by atoms with Crippen LogP contribution in [0, 0.1) is 0 Å². The maximum absolute atomic E-state index is 11.2.